The Labute approximate surface area is 265 Å². The van der Waals surface area contributed by atoms with Crippen molar-refractivity contribution in [3.8, 4) is 17.3 Å². The molecule has 0 amide bonds. The fourth-order valence-electron chi connectivity index (χ4n) is 8.58. The van der Waals surface area contributed by atoms with E-state index in [1.165, 1.54) is 0 Å². The Morgan fingerprint density at radius 2 is 1.43 bits per heavy atom. The zero-order valence-corrected chi connectivity index (χ0v) is 24.7. The van der Waals surface area contributed by atoms with Crippen molar-refractivity contribution in [2.24, 2.45) is 23.7 Å². The van der Waals surface area contributed by atoms with Gasteiger partial charge in [0.25, 0.3) is 0 Å². The fraction of sp³-hybridized carbons (Fsp3) is 0.256. The summed E-state index contributed by atoms with van der Waals surface area (Å²) in [6, 6.07) is 27.6. The van der Waals surface area contributed by atoms with Gasteiger partial charge in [0.2, 0.25) is 0 Å². The molecule has 2 saturated carbocycles. The number of anilines is 2. The van der Waals surface area contributed by atoms with Gasteiger partial charge >= 0.3 is 0 Å². The molecule has 5 nitrogen and oxygen atoms in total. The number of ether oxygens (including phenoxy) is 1. The van der Waals surface area contributed by atoms with E-state index in [-0.39, 0.29) is 42.3 Å². The van der Waals surface area contributed by atoms with Crippen LogP contribution in [0.15, 0.2) is 121 Å². The highest BCUT2D eigenvalue weighted by Crippen LogP contribution is 2.58. The third kappa shape index (κ3) is 3.81. The van der Waals surface area contributed by atoms with Gasteiger partial charge in [0.1, 0.15) is 17.3 Å². The zero-order valence-electron chi connectivity index (χ0n) is 29.7. The number of aromatic nitrogens is 2. The molecular weight excluding hydrogens is 540 g/mol. The van der Waals surface area contributed by atoms with E-state index in [0.717, 1.165) is 39.7 Å². The van der Waals surface area contributed by atoms with Crippen molar-refractivity contribution in [2.75, 3.05) is 16.5 Å². The van der Waals surface area contributed by atoms with E-state index in [0.29, 0.717) is 47.5 Å². The maximum Gasteiger partial charge on any atom is 0.137 e. The second-order valence-corrected chi connectivity index (χ2v) is 12.6. The Hall–Kier alpha value is -4.77. The molecule has 218 valence electrons. The van der Waals surface area contributed by atoms with Crippen LogP contribution in [-0.2, 0) is 0 Å². The summed E-state index contributed by atoms with van der Waals surface area (Å²) < 4.78 is 51.3. The van der Waals surface area contributed by atoms with Crippen molar-refractivity contribution < 1.29 is 11.6 Å². The van der Waals surface area contributed by atoms with Gasteiger partial charge in [0.05, 0.1) is 36.6 Å². The van der Waals surface area contributed by atoms with Gasteiger partial charge in [-0.2, -0.15) is 0 Å². The predicted octanol–water partition coefficient (Wildman–Crippen LogP) is 8.91. The van der Waals surface area contributed by atoms with Gasteiger partial charge in [-0.15, -0.1) is 0 Å². The van der Waals surface area contributed by atoms with Crippen LogP contribution in [0.1, 0.15) is 27.1 Å². The number of fused-ring (bicyclic) bond motifs is 8. The van der Waals surface area contributed by atoms with E-state index in [9.17, 15) is 0 Å². The number of para-hydroxylation sites is 2. The summed E-state index contributed by atoms with van der Waals surface area (Å²) in [7, 11) is 0. The first-order chi connectivity index (χ1) is 23.7. The van der Waals surface area contributed by atoms with E-state index in [4.69, 9.17) is 11.6 Å². The Morgan fingerprint density at radius 1 is 0.705 bits per heavy atom. The lowest BCUT2D eigenvalue weighted by molar-refractivity contribution is 0.220. The van der Waals surface area contributed by atoms with Crippen LogP contribution in [0.3, 0.4) is 0 Å². The van der Waals surface area contributed by atoms with Gasteiger partial charge in [-0.3, -0.25) is 4.57 Å². The van der Waals surface area contributed by atoms with Gasteiger partial charge < -0.3 is 14.5 Å². The molecule has 3 fully saturated rings. The van der Waals surface area contributed by atoms with Crippen molar-refractivity contribution in [3.63, 3.8) is 0 Å². The number of hydrogen-bond acceptors (Lipinski definition) is 4. The van der Waals surface area contributed by atoms with Crippen molar-refractivity contribution in [1.82, 2.24) is 9.55 Å². The molecule has 44 heavy (non-hydrogen) atoms. The molecule has 0 spiro atoms. The summed E-state index contributed by atoms with van der Waals surface area (Å²) in [4.78, 5) is 9.14. The minimum atomic E-state index is -0.357. The molecule has 3 heterocycles. The molecule has 5 heteroatoms. The molecule has 6 aromatic rings. The van der Waals surface area contributed by atoms with Gasteiger partial charge in [0, 0.05) is 40.5 Å². The van der Waals surface area contributed by atoms with E-state index in [1.807, 2.05) is 42.5 Å². The van der Waals surface area contributed by atoms with Crippen molar-refractivity contribution in [2.45, 2.75) is 32.4 Å². The molecule has 0 radical (unpaired) electrons. The first-order valence-corrected chi connectivity index (χ1v) is 15.6. The maximum atomic E-state index is 8.81. The molecule has 2 aliphatic carbocycles. The van der Waals surface area contributed by atoms with Crippen molar-refractivity contribution in [1.29, 1.82) is 0 Å². The topological polar surface area (TPSA) is 33.5 Å². The molecular formula is C39H36N4O. The molecule has 0 N–H and O–H groups in total. The molecule has 3 aliphatic rings. The molecule has 9 rings (SSSR count). The van der Waals surface area contributed by atoms with Crippen molar-refractivity contribution in [3.05, 3.63) is 121 Å². The third-order valence-corrected chi connectivity index (χ3v) is 10.7. The first-order valence-electron chi connectivity index (χ1n) is 18.1. The second kappa shape index (κ2) is 9.88. The lowest BCUT2D eigenvalue weighted by atomic mass is 9.76. The van der Waals surface area contributed by atoms with Crippen LogP contribution < -0.4 is 14.5 Å². The molecule has 4 aromatic carbocycles. The second-order valence-electron chi connectivity index (χ2n) is 12.6. The average molecular weight is 582 g/mol. The predicted molar refractivity (Wildman–Crippen MR) is 179 cm³/mol. The Bertz CT molecular complexity index is 2250. The van der Waals surface area contributed by atoms with E-state index in [2.05, 4.69) is 75.7 Å². The van der Waals surface area contributed by atoms with Gasteiger partial charge in [-0.25, -0.2) is 4.98 Å². The van der Waals surface area contributed by atoms with Crippen LogP contribution in [-0.4, -0.2) is 28.3 Å². The quantitative estimate of drug-likeness (QED) is 0.204. The molecule has 1 aliphatic heterocycles. The minimum Gasteiger partial charge on any atom is -0.457 e. The number of pyridine rings is 1. The third-order valence-electron chi connectivity index (χ3n) is 10.7. The highest BCUT2D eigenvalue weighted by molar-refractivity contribution is 6.09. The molecule has 1 saturated heterocycles. The monoisotopic (exact) mass is 581 g/mol. The molecule has 2 aromatic heterocycles. The summed E-state index contributed by atoms with van der Waals surface area (Å²) in [5.41, 5.74) is 3.39. The smallest absolute Gasteiger partial charge is 0.137 e. The normalized spacial score (nSPS) is 27.3. The number of hydrogen-bond donors (Lipinski definition) is 0. The van der Waals surface area contributed by atoms with Crippen LogP contribution >= 0.6 is 0 Å². The van der Waals surface area contributed by atoms with Crippen LogP contribution in [0.4, 0.5) is 11.4 Å². The maximum absolute atomic E-state index is 8.81. The molecule has 4 unspecified atom stereocenters. The SMILES string of the molecule is [2H]c1c([2H])c([2H])c(N2CN(c3cccc(Oc4ccc5c6ccccc6n(-c6ccccn6)c5c4)c3)[C@@H]3C2C2C[C@H]3C(C)C2C)c([2H])c1[2H]. The van der Waals surface area contributed by atoms with Gasteiger partial charge in [0.15, 0.2) is 0 Å². The van der Waals surface area contributed by atoms with Crippen LogP contribution in [0, 0.1) is 23.7 Å². The largest absolute Gasteiger partial charge is 0.457 e. The standard InChI is InChI=1S/C39H36N4O/c1-25-26(2)34-23-33(25)38-39(34)42(24-41(38)27-11-4-3-5-12-27)28-13-10-14-29(21-28)44-30-18-19-32-31-15-6-7-16-35(31)43(36(32)22-30)37-17-8-9-20-40-37/h3-22,25-26,33-34,38-39H,23-24H2,1-2H3/t25?,26?,33?,34-,38?,39-/m0/s1/i3D,4D,5D,11D,12D. The number of benzene rings is 4. The number of rotatable bonds is 5. The van der Waals surface area contributed by atoms with E-state index >= 15 is 0 Å². The molecule has 6 atom stereocenters. The highest BCUT2D eigenvalue weighted by Gasteiger charge is 2.61. The van der Waals surface area contributed by atoms with E-state index in [1.54, 1.807) is 6.20 Å². The summed E-state index contributed by atoms with van der Waals surface area (Å²) >= 11 is 0. The van der Waals surface area contributed by atoms with Crippen LogP contribution in [0.2, 0.25) is 0 Å². The Kier molecular flexibility index (Phi) is 4.72. The fourth-order valence-corrected chi connectivity index (χ4v) is 8.58. The summed E-state index contributed by atoms with van der Waals surface area (Å²) in [6.07, 6.45) is 2.88. The van der Waals surface area contributed by atoms with Gasteiger partial charge in [-0.1, -0.05) is 62.3 Å². The van der Waals surface area contributed by atoms with Gasteiger partial charge in [-0.05, 0) is 84.6 Å². The summed E-state index contributed by atoms with van der Waals surface area (Å²) in [5, 5.41) is 2.27. The first kappa shape index (κ1) is 21.0. The lowest BCUT2D eigenvalue weighted by Gasteiger charge is -2.39. The van der Waals surface area contributed by atoms with Crippen molar-refractivity contribution >= 4 is 33.2 Å². The number of nitrogens with zero attached hydrogens (tertiary/aromatic N) is 4. The minimum absolute atomic E-state index is 0.0558. The average Bonchev–Trinajstić information content (AvgIpc) is 3.86. The highest BCUT2D eigenvalue weighted by atomic mass is 16.5. The Morgan fingerprint density at radius 3 is 2.23 bits per heavy atom. The van der Waals surface area contributed by atoms with E-state index < -0.39 is 0 Å². The summed E-state index contributed by atoms with van der Waals surface area (Å²) in [6.45, 7) is 5.10. The van der Waals surface area contributed by atoms with Crippen LogP contribution in [0.5, 0.6) is 11.5 Å². The zero-order chi connectivity index (χ0) is 33.7. The van der Waals surface area contributed by atoms with Crippen LogP contribution in [0.25, 0.3) is 27.6 Å². The summed E-state index contributed by atoms with van der Waals surface area (Å²) in [5.74, 6) is 4.11. The lowest BCUT2D eigenvalue weighted by Crippen LogP contribution is -2.47. The molecule has 2 bridgehead atoms. The Balaban J connectivity index is 1.10.